The van der Waals surface area contributed by atoms with E-state index < -0.39 is 17.9 Å². The van der Waals surface area contributed by atoms with Crippen molar-refractivity contribution in [2.75, 3.05) is 7.11 Å². The number of phenolic OH excluding ortho intramolecular Hbond substituents is 1. The third-order valence-electron chi connectivity index (χ3n) is 19.9. The number of aromatic carboxylic acids is 3. The summed E-state index contributed by atoms with van der Waals surface area (Å²) < 4.78 is 25.2. The monoisotopic (exact) mass is 1450 g/mol. The van der Waals surface area contributed by atoms with Crippen molar-refractivity contribution < 1.29 is 48.7 Å². The molecule has 0 spiro atoms. The number of aromatic nitrogens is 7. The smallest absolute Gasteiger partial charge is 0.352 e. The summed E-state index contributed by atoms with van der Waals surface area (Å²) in [5.74, 6) is -2.39. The summed E-state index contributed by atoms with van der Waals surface area (Å²) in [6, 6.07) is 59.3. The molecule has 542 valence electrons. The number of rotatable bonds is 17. The molecule has 0 bridgehead atoms. The molecule has 0 aliphatic rings. The van der Waals surface area contributed by atoms with Crippen molar-refractivity contribution in [3.63, 3.8) is 0 Å². The number of methoxy groups -OCH3 is 1. The largest absolute Gasteiger partial charge is 0.507 e. The molecule has 0 unspecified atom stereocenters. The molecule has 0 aliphatic carbocycles. The Morgan fingerprint density at radius 1 is 0.430 bits per heavy atom. The topological polar surface area (TPSA) is 236 Å². The number of H-pyrrole nitrogens is 4. The van der Waals surface area contributed by atoms with Crippen LogP contribution in [0.3, 0.4) is 0 Å². The third kappa shape index (κ3) is 14.3. The Labute approximate surface area is 624 Å². The summed E-state index contributed by atoms with van der Waals surface area (Å²) >= 11 is 6.38. The standard InChI is InChI=1S/C23H21FN2O2.C23H22N2O3.C23H22N2O2.C20H18ClNO2/c1-4-15-20(14-8-9-18(24)13(2)12-14)22(23(27)28)25-21(15)17-6-5-7-19-16(17)10-11-26(19)3;1-4-16-20(14-8-10-15(28-3)11-9-14)22(23(26)27)24-21(16)18-6-5-7-19-17(18)12-13-25(19)2;1-4-16-20(15-8-5-7-14(2)13-15)22(23(26)27)24-21(16)18-9-6-10-19-17(18)11-12-25(19)3;1-3-13-18(14-8-4-6-10-16(14)21)19(12(2)23)22-20(13)15-9-5-7-11-17(15)24/h5-12,25H,4H2,1-3H3,(H,27,28);5-13,24H,4H2,1-3H3,(H,26,27);5-13,24H,4H2,1-3H3,(H,26,27);4-11,22,24H,3H2,1-2H3. The number of Topliss-reactive ketones (excluding diaryl/α,β-unsaturated/α-hetero) is 1. The number of nitrogens with one attached hydrogen (secondary N) is 4. The SMILES string of the molecule is CCc1c(-c2cccc3c2ccn3C)[nH]c(C(=O)O)c1-c1ccc(F)c(C)c1.CCc1c(-c2cccc3c2ccn3C)[nH]c(C(=O)O)c1-c1ccc(OC)cc1.CCc1c(-c2cccc3c2ccn3C)[nH]c(C(=O)O)c1-c1cccc(C)c1.CCc1c(-c2ccccc2O)[nH]c(C(C)=O)c1-c1ccccc1Cl. The molecule has 0 radical (unpaired) electrons. The molecule has 8 N–H and O–H groups in total. The Balaban J connectivity index is 0.000000134. The second kappa shape index (κ2) is 31.4. The number of ketones is 1. The van der Waals surface area contributed by atoms with Gasteiger partial charge in [0.2, 0.25) is 0 Å². The summed E-state index contributed by atoms with van der Waals surface area (Å²) in [4.78, 5) is 61.1. The third-order valence-corrected chi connectivity index (χ3v) is 20.2. The molecule has 107 heavy (non-hydrogen) atoms. The van der Waals surface area contributed by atoms with Crippen molar-refractivity contribution in [2.45, 2.75) is 74.1 Å². The first-order valence-corrected chi connectivity index (χ1v) is 35.7. The van der Waals surface area contributed by atoms with Gasteiger partial charge in [-0.15, -0.1) is 0 Å². The molecular formula is C89H83ClFN7O9. The molecule has 0 atom stereocenters. The molecule has 0 fully saturated rings. The maximum absolute atomic E-state index is 13.8. The highest BCUT2D eigenvalue weighted by Gasteiger charge is 2.29. The van der Waals surface area contributed by atoms with E-state index in [4.69, 9.17) is 16.3 Å². The number of hydrogen-bond donors (Lipinski definition) is 8. The second-order valence-corrected chi connectivity index (χ2v) is 26.8. The van der Waals surface area contributed by atoms with Crippen LogP contribution in [-0.2, 0) is 46.8 Å². The number of phenols is 1. The summed E-state index contributed by atoms with van der Waals surface area (Å²) in [5, 5.41) is 43.6. The first-order chi connectivity index (χ1) is 51.5. The van der Waals surface area contributed by atoms with Crippen LogP contribution >= 0.6 is 11.6 Å². The van der Waals surface area contributed by atoms with Crippen molar-refractivity contribution >= 4 is 68.0 Å². The van der Waals surface area contributed by atoms with Gasteiger partial charge in [0.05, 0.1) is 35.6 Å². The zero-order chi connectivity index (χ0) is 76.2. The Bertz CT molecular complexity index is 5890. The van der Waals surface area contributed by atoms with Gasteiger partial charge < -0.3 is 58.8 Å². The van der Waals surface area contributed by atoms with E-state index in [1.807, 2.05) is 192 Å². The Hall–Kier alpha value is -12.6. The minimum atomic E-state index is -1.03. The number of para-hydroxylation sites is 1. The zero-order valence-electron chi connectivity index (χ0n) is 61.4. The quantitative estimate of drug-likeness (QED) is 0.0404. The lowest BCUT2D eigenvalue weighted by Gasteiger charge is -2.09. The fourth-order valence-electron chi connectivity index (χ4n) is 14.8. The number of carboxylic acid groups (broad SMARTS) is 3. The van der Waals surface area contributed by atoms with E-state index >= 15 is 0 Å². The van der Waals surface area contributed by atoms with Crippen molar-refractivity contribution in [1.82, 2.24) is 33.6 Å². The minimum Gasteiger partial charge on any atom is -0.507 e. The highest BCUT2D eigenvalue weighted by atomic mass is 35.5. The van der Waals surface area contributed by atoms with Gasteiger partial charge in [-0.2, -0.15) is 0 Å². The van der Waals surface area contributed by atoms with Gasteiger partial charge in [0.25, 0.3) is 0 Å². The first kappa shape index (κ1) is 74.1. The number of hydrogen-bond acceptors (Lipinski definition) is 6. The molecule has 0 amide bonds. The van der Waals surface area contributed by atoms with E-state index in [2.05, 4.69) is 73.2 Å². The van der Waals surface area contributed by atoms with Gasteiger partial charge in [0, 0.05) is 134 Å². The van der Waals surface area contributed by atoms with Crippen molar-refractivity contribution in [2.24, 2.45) is 21.1 Å². The second-order valence-electron chi connectivity index (χ2n) is 26.4. The van der Waals surface area contributed by atoms with E-state index in [0.29, 0.717) is 52.2 Å². The molecule has 0 saturated heterocycles. The van der Waals surface area contributed by atoms with Crippen LogP contribution in [0.15, 0.2) is 207 Å². The number of aromatic hydroxyl groups is 1. The maximum atomic E-state index is 13.8. The molecule has 0 aliphatic heterocycles. The normalized spacial score (nSPS) is 11.1. The van der Waals surface area contributed by atoms with Gasteiger partial charge in [0.1, 0.15) is 34.4 Å². The van der Waals surface area contributed by atoms with Crippen LogP contribution in [-0.4, -0.2) is 84.9 Å². The number of fused-ring (bicyclic) bond motifs is 3. The summed E-state index contributed by atoms with van der Waals surface area (Å²) in [5.41, 5.74) is 23.2. The summed E-state index contributed by atoms with van der Waals surface area (Å²) in [6.45, 7) is 13.4. The molecule has 15 aromatic rings. The average Bonchev–Trinajstić information content (AvgIpc) is 1.62. The number of carbonyl (C=O) groups excluding carboxylic acids is 1. The van der Waals surface area contributed by atoms with Crippen molar-refractivity contribution in [3.05, 3.63) is 274 Å². The average molecular weight is 1450 g/mol. The molecule has 0 saturated carbocycles. The van der Waals surface area contributed by atoms with Crippen LogP contribution in [0.4, 0.5) is 4.39 Å². The van der Waals surface area contributed by atoms with E-state index in [9.17, 15) is 44.0 Å². The predicted molar refractivity (Wildman–Crippen MR) is 427 cm³/mol. The van der Waals surface area contributed by atoms with E-state index in [1.165, 1.54) is 13.0 Å². The Morgan fingerprint density at radius 2 is 0.804 bits per heavy atom. The number of carboxylic acids is 3. The number of ether oxygens (including phenoxy) is 1. The first-order valence-electron chi connectivity index (χ1n) is 35.4. The van der Waals surface area contributed by atoms with Gasteiger partial charge >= 0.3 is 17.9 Å². The fraction of sp³-hybridized carbons (Fsp3) is 0.169. The lowest BCUT2D eigenvalue weighted by atomic mass is 9.94. The molecule has 16 nitrogen and oxygen atoms in total. The lowest BCUT2D eigenvalue weighted by Crippen LogP contribution is -2.00. The van der Waals surface area contributed by atoms with Crippen LogP contribution in [0.2, 0.25) is 5.02 Å². The number of carbonyl (C=O) groups is 4. The molecule has 7 aromatic heterocycles. The number of halogens is 2. The van der Waals surface area contributed by atoms with Crippen LogP contribution in [0.1, 0.15) is 110 Å². The van der Waals surface area contributed by atoms with E-state index in [-0.39, 0.29) is 34.4 Å². The van der Waals surface area contributed by atoms with Crippen LogP contribution in [0.25, 0.3) is 122 Å². The van der Waals surface area contributed by atoms with E-state index in [0.717, 1.165) is 146 Å². The molecule has 7 heterocycles. The van der Waals surface area contributed by atoms with Gasteiger partial charge in [-0.25, -0.2) is 18.8 Å². The highest BCUT2D eigenvalue weighted by molar-refractivity contribution is 6.33. The van der Waals surface area contributed by atoms with Crippen LogP contribution < -0.4 is 4.74 Å². The number of aromatic amines is 4. The lowest BCUT2D eigenvalue weighted by molar-refractivity contribution is 0.0681. The summed E-state index contributed by atoms with van der Waals surface area (Å²) in [6.07, 6.45) is 8.84. The number of benzene rings is 8. The fourth-order valence-corrected chi connectivity index (χ4v) is 15.0. The maximum Gasteiger partial charge on any atom is 0.352 e. The zero-order valence-corrected chi connectivity index (χ0v) is 62.1. The number of nitrogens with zero attached hydrogens (tertiary/aromatic N) is 3. The molecule has 8 aromatic carbocycles. The van der Waals surface area contributed by atoms with Crippen molar-refractivity contribution in [3.8, 4) is 101 Å². The van der Waals surface area contributed by atoms with Gasteiger partial charge in [-0.05, 0) is 163 Å². The summed E-state index contributed by atoms with van der Waals surface area (Å²) in [7, 11) is 7.62. The Morgan fingerprint density at radius 3 is 1.21 bits per heavy atom. The van der Waals surface area contributed by atoms with Gasteiger partial charge in [-0.3, -0.25) is 4.79 Å². The van der Waals surface area contributed by atoms with E-state index in [1.54, 1.807) is 38.3 Å². The molecule has 15 rings (SSSR count). The van der Waals surface area contributed by atoms with Crippen LogP contribution in [0.5, 0.6) is 11.5 Å². The Kier molecular flexibility index (Phi) is 21.7. The minimum absolute atomic E-state index is 0.0682. The molecular weight excluding hydrogens is 1370 g/mol. The van der Waals surface area contributed by atoms with Crippen molar-refractivity contribution in [1.29, 1.82) is 0 Å². The van der Waals surface area contributed by atoms with Gasteiger partial charge in [0.15, 0.2) is 5.78 Å². The highest BCUT2D eigenvalue weighted by Crippen LogP contribution is 2.45. The molecule has 18 heteroatoms. The number of aryl methyl sites for hydroxylation is 5. The predicted octanol–water partition coefficient (Wildman–Crippen LogP) is 21.5. The van der Waals surface area contributed by atoms with Crippen LogP contribution in [0, 0.1) is 19.7 Å². The van der Waals surface area contributed by atoms with Gasteiger partial charge in [-0.1, -0.05) is 154 Å².